The normalized spacial score (nSPS) is 12.0. The molecule has 2 rings (SSSR count). The fourth-order valence-corrected chi connectivity index (χ4v) is 2.42. The highest BCUT2D eigenvalue weighted by Gasteiger charge is 2.31. The Morgan fingerprint density at radius 1 is 0.913 bits per heavy atom. The molecular formula is C17H15F2NO3. The van der Waals surface area contributed by atoms with E-state index in [1.807, 2.05) is 0 Å². The van der Waals surface area contributed by atoms with Crippen LogP contribution in [0.3, 0.4) is 0 Å². The number of carboxylic acid groups (broad SMARTS) is 1. The first kappa shape index (κ1) is 16.6. The number of carbonyl (C=O) groups excluding carboxylic acids is 1. The molecule has 0 aliphatic heterocycles. The van der Waals surface area contributed by atoms with Crippen LogP contribution in [-0.4, -0.2) is 23.0 Å². The van der Waals surface area contributed by atoms with Crippen molar-refractivity contribution in [2.75, 3.05) is 0 Å². The zero-order valence-corrected chi connectivity index (χ0v) is 12.3. The lowest BCUT2D eigenvalue weighted by Gasteiger charge is -2.25. The maximum absolute atomic E-state index is 13.1. The summed E-state index contributed by atoms with van der Waals surface area (Å²) in [5, 5.41) is 11.8. The highest BCUT2D eigenvalue weighted by Crippen LogP contribution is 2.29. The number of hydrogen-bond donors (Lipinski definition) is 2. The van der Waals surface area contributed by atoms with Crippen LogP contribution in [0, 0.1) is 11.6 Å². The van der Waals surface area contributed by atoms with E-state index in [1.165, 1.54) is 55.5 Å². The van der Waals surface area contributed by atoms with Crippen LogP contribution in [-0.2, 0) is 9.59 Å². The summed E-state index contributed by atoms with van der Waals surface area (Å²) in [7, 11) is 0. The molecule has 0 aliphatic rings. The molecular weight excluding hydrogens is 304 g/mol. The molecule has 1 atom stereocenters. The second kappa shape index (κ2) is 7.00. The third kappa shape index (κ3) is 4.12. The number of hydrogen-bond acceptors (Lipinski definition) is 2. The van der Waals surface area contributed by atoms with Gasteiger partial charge in [0, 0.05) is 12.8 Å². The molecule has 1 amide bonds. The summed E-state index contributed by atoms with van der Waals surface area (Å²) in [5.41, 5.74) is 0.998. The molecule has 0 saturated carbocycles. The fourth-order valence-electron chi connectivity index (χ4n) is 2.42. The maximum Gasteiger partial charge on any atom is 0.327 e. The Labute approximate surface area is 131 Å². The third-order valence-electron chi connectivity index (χ3n) is 3.42. The number of halogens is 2. The summed E-state index contributed by atoms with van der Waals surface area (Å²) in [6.45, 7) is 1.21. The Bertz CT molecular complexity index is 653. The van der Waals surface area contributed by atoms with Gasteiger partial charge in [0.15, 0.2) is 0 Å². The van der Waals surface area contributed by atoms with E-state index < -0.39 is 35.5 Å². The van der Waals surface area contributed by atoms with Gasteiger partial charge in [-0.1, -0.05) is 24.3 Å². The topological polar surface area (TPSA) is 66.4 Å². The van der Waals surface area contributed by atoms with Crippen molar-refractivity contribution in [1.29, 1.82) is 0 Å². The SMILES string of the molecule is CC(=O)N[C@H](C(=O)O)C(c1ccc(F)cc1)c1ccc(F)cc1. The van der Waals surface area contributed by atoms with Gasteiger partial charge >= 0.3 is 5.97 Å². The molecule has 2 aromatic rings. The van der Waals surface area contributed by atoms with Gasteiger partial charge in [0.2, 0.25) is 5.91 Å². The lowest BCUT2D eigenvalue weighted by atomic mass is 9.85. The summed E-state index contributed by atoms with van der Waals surface area (Å²) in [6, 6.07) is 9.35. The van der Waals surface area contributed by atoms with Crippen LogP contribution < -0.4 is 5.32 Å². The summed E-state index contributed by atoms with van der Waals surface area (Å²) in [6.07, 6.45) is 0. The molecule has 0 heterocycles. The second-order valence-corrected chi connectivity index (χ2v) is 5.10. The zero-order chi connectivity index (χ0) is 17.0. The Kier molecular flexibility index (Phi) is 5.05. The van der Waals surface area contributed by atoms with Crippen LogP contribution in [0.1, 0.15) is 24.0 Å². The molecule has 120 valence electrons. The van der Waals surface area contributed by atoms with E-state index in [0.717, 1.165) is 0 Å². The van der Waals surface area contributed by atoms with Crippen molar-refractivity contribution in [2.24, 2.45) is 0 Å². The Morgan fingerprint density at radius 3 is 1.61 bits per heavy atom. The summed E-state index contributed by atoms with van der Waals surface area (Å²) >= 11 is 0. The molecule has 2 aromatic carbocycles. The average molecular weight is 319 g/mol. The predicted octanol–water partition coefficient (Wildman–Crippen LogP) is 2.69. The summed E-state index contributed by atoms with van der Waals surface area (Å²) < 4.78 is 26.3. The van der Waals surface area contributed by atoms with E-state index in [1.54, 1.807) is 0 Å². The minimum Gasteiger partial charge on any atom is -0.480 e. The van der Waals surface area contributed by atoms with Gasteiger partial charge in [0.1, 0.15) is 17.7 Å². The average Bonchev–Trinajstić information content (AvgIpc) is 2.49. The number of rotatable bonds is 5. The van der Waals surface area contributed by atoms with Gasteiger partial charge in [-0.05, 0) is 35.4 Å². The van der Waals surface area contributed by atoms with Gasteiger partial charge in [0.05, 0.1) is 0 Å². The van der Waals surface area contributed by atoms with Crippen LogP contribution >= 0.6 is 0 Å². The maximum atomic E-state index is 13.1. The van der Waals surface area contributed by atoms with Crippen LogP contribution in [0.5, 0.6) is 0 Å². The largest absolute Gasteiger partial charge is 0.480 e. The highest BCUT2D eigenvalue weighted by molar-refractivity contribution is 5.83. The van der Waals surface area contributed by atoms with E-state index in [-0.39, 0.29) is 0 Å². The molecule has 0 radical (unpaired) electrons. The van der Waals surface area contributed by atoms with Crippen molar-refractivity contribution in [1.82, 2.24) is 5.32 Å². The molecule has 0 fully saturated rings. The van der Waals surface area contributed by atoms with Gasteiger partial charge in [-0.3, -0.25) is 4.79 Å². The minimum atomic E-state index is -1.26. The van der Waals surface area contributed by atoms with Crippen LogP contribution in [0.2, 0.25) is 0 Å². The molecule has 0 spiro atoms. The van der Waals surface area contributed by atoms with Gasteiger partial charge in [-0.25, -0.2) is 13.6 Å². The molecule has 0 bridgehead atoms. The van der Waals surface area contributed by atoms with Crippen LogP contribution in [0.15, 0.2) is 48.5 Å². The van der Waals surface area contributed by atoms with Gasteiger partial charge in [-0.15, -0.1) is 0 Å². The number of benzene rings is 2. The number of carboxylic acids is 1. The predicted molar refractivity (Wildman–Crippen MR) is 79.9 cm³/mol. The molecule has 0 saturated heterocycles. The fraction of sp³-hybridized carbons (Fsp3) is 0.176. The van der Waals surface area contributed by atoms with Crippen molar-refractivity contribution in [3.63, 3.8) is 0 Å². The van der Waals surface area contributed by atoms with E-state index in [2.05, 4.69) is 5.32 Å². The summed E-state index contributed by atoms with van der Waals surface area (Å²) in [4.78, 5) is 22.9. The van der Waals surface area contributed by atoms with Crippen LogP contribution in [0.4, 0.5) is 8.78 Å². The van der Waals surface area contributed by atoms with Gasteiger partial charge < -0.3 is 10.4 Å². The van der Waals surface area contributed by atoms with Gasteiger partial charge in [-0.2, -0.15) is 0 Å². The van der Waals surface area contributed by atoms with Crippen molar-refractivity contribution < 1.29 is 23.5 Å². The van der Waals surface area contributed by atoms with Crippen molar-refractivity contribution in [3.05, 3.63) is 71.3 Å². The molecule has 0 aromatic heterocycles. The lowest BCUT2D eigenvalue weighted by Crippen LogP contribution is -2.44. The molecule has 23 heavy (non-hydrogen) atoms. The quantitative estimate of drug-likeness (QED) is 0.890. The Morgan fingerprint density at radius 2 is 1.30 bits per heavy atom. The van der Waals surface area contributed by atoms with E-state index in [4.69, 9.17) is 0 Å². The molecule has 2 N–H and O–H groups in total. The standard InChI is InChI=1S/C17H15F2NO3/c1-10(21)20-16(17(22)23)15(11-2-6-13(18)7-3-11)12-4-8-14(19)9-5-12/h2-9,15-16H,1H3,(H,20,21)(H,22,23)/t16-/m0/s1. The molecule has 0 aliphatic carbocycles. The lowest BCUT2D eigenvalue weighted by molar-refractivity contribution is -0.141. The van der Waals surface area contributed by atoms with Crippen molar-refractivity contribution >= 4 is 11.9 Å². The highest BCUT2D eigenvalue weighted by atomic mass is 19.1. The van der Waals surface area contributed by atoms with E-state index >= 15 is 0 Å². The first-order chi connectivity index (χ1) is 10.9. The number of carbonyl (C=O) groups is 2. The number of aliphatic carboxylic acids is 1. The third-order valence-corrected chi connectivity index (χ3v) is 3.42. The second-order valence-electron chi connectivity index (χ2n) is 5.10. The van der Waals surface area contributed by atoms with Crippen molar-refractivity contribution in [2.45, 2.75) is 18.9 Å². The monoisotopic (exact) mass is 319 g/mol. The minimum absolute atomic E-state index is 0.460. The molecule has 4 nitrogen and oxygen atoms in total. The van der Waals surface area contributed by atoms with E-state index in [0.29, 0.717) is 11.1 Å². The van der Waals surface area contributed by atoms with Gasteiger partial charge in [0.25, 0.3) is 0 Å². The Balaban J connectivity index is 2.53. The summed E-state index contributed by atoms with van der Waals surface area (Å²) in [5.74, 6) is -3.45. The smallest absolute Gasteiger partial charge is 0.327 e. The van der Waals surface area contributed by atoms with Crippen molar-refractivity contribution in [3.8, 4) is 0 Å². The zero-order valence-electron chi connectivity index (χ0n) is 12.3. The van der Waals surface area contributed by atoms with E-state index in [9.17, 15) is 23.5 Å². The molecule has 6 heteroatoms. The number of nitrogens with one attached hydrogen (secondary N) is 1. The molecule has 0 unspecified atom stereocenters. The first-order valence-electron chi connectivity index (χ1n) is 6.89. The first-order valence-corrected chi connectivity index (χ1v) is 6.89. The van der Waals surface area contributed by atoms with Crippen LogP contribution in [0.25, 0.3) is 0 Å². The Hall–Kier alpha value is -2.76. The number of amides is 1.